The Hall–Kier alpha value is -2.27. The summed E-state index contributed by atoms with van der Waals surface area (Å²) in [5, 5.41) is 3.27. The van der Waals surface area contributed by atoms with Gasteiger partial charge in [0, 0.05) is 0 Å². The number of fused-ring (bicyclic) bond motifs is 1. The Balaban J connectivity index is 1.69. The molecule has 0 saturated carbocycles. The van der Waals surface area contributed by atoms with E-state index in [-0.39, 0.29) is 11.7 Å². The molecule has 3 rings (SSSR count). The maximum absolute atomic E-state index is 13.1. The number of nitrogens with zero attached hydrogens (tertiary/aromatic N) is 1. The summed E-state index contributed by atoms with van der Waals surface area (Å²) in [6.45, 7) is 2.09. The first-order valence-electron chi connectivity index (χ1n) is 7.08. The van der Waals surface area contributed by atoms with Crippen LogP contribution in [-0.4, -0.2) is 10.9 Å². The molecule has 2 aromatic carbocycles. The number of amides is 1. The van der Waals surface area contributed by atoms with E-state index in [4.69, 9.17) is 0 Å². The first-order valence-corrected chi connectivity index (χ1v) is 7.89. The molecule has 0 radical (unpaired) electrons. The highest BCUT2D eigenvalue weighted by atomic mass is 32.1. The molecule has 1 heterocycles. The fraction of sp³-hybridized carbons (Fsp3) is 0.176. The van der Waals surface area contributed by atoms with Gasteiger partial charge in [-0.3, -0.25) is 4.79 Å². The second kappa shape index (κ2) is 6.23. The topological polar surface area (TPSA) is 42.0 Å². The van der Waals surface area contributed by atoms with Gasteiger partial charge in [-0.2, -0.15) is 0 Å². The van der Waals surface area contributed by atoms with Crippen LogP contribution in [0.4, 0.5) is 9.52 Å². The summed E-state index contributed by atoms with van der Waals surface area (Å²) < 4.78 is 13.9. The second-order valence-electron chi connectivity index (χ2n) is 5.03. The average Bonchev–Trinajstić information content (AvgIpc) is 2.89. The number of carbonyl (C=O) groups excluding carboxylic acids is 1. The van der Waals surface area contributed by atoms with Gasteiger partial charge in [-0.1, -0.05) is 42.5 Å². The lowest BCUT2D eigenvalue weighted by Crippen LogP contribution is -2.14. The van der Waals surface area contributed by atoms with Gasteiger partial charge in [0.05, 0.1) is 16.6 Å². The first-order chi connectivity index (χ1) is 10.6. The molecule has 0 aliphatic carbocycles. The molecule has 112 valence electrons. The van der Waals surface area contributed by atoms with Crippen LogP contribution in [0.25, 0.3) is 10.2 Å². The van der Waals surface area contributed by atoms with Crippen LogP contribution in [0, 0.1) is 5.82 Å². The minimum atomic E-state index is -0.301. The van der Waals surface area contributed by atoms with Crippen molar-refractivity contribution < 1.29 is 9.18 Å². The summed E-state index contributed by atoms with van der Waals surface area (Å²) in [5.41, 5.74) is 2.90. The summed E-state index contributed by atoms with van der Waals surface area (Å²) in [6, 6.07) is 12.4. The van der Waals surface area contributed by atoms with Crippen molar-refractivity contribution in [3.8, 4) is 0 Å². The molecule has 0 aliphatic heterocycles. The molecule has 1 aromatic heterocycles. The summed E-state index contributed by atoms with van der Waals surface area (Å²) in [4.78, 5) is 16.3. The monoisotopic (exact) mass is 314 g/mol. The minimum absolute atomic E-state index is 0.122. The van der Waals surface area contributed by atoms with Crippen LogP contribution in [0.3, 0.4) is 0 Å². The zero-order chi connectivity index (χ0) is 15.5. The van der Waals surface area contributed by atoms with E-state index < -0.39 is 0 Å². The normalized spacial score (nSPS) is 10.8. The molecular formula is C17H15FN2OS. The maximum atomic E-state index is 13.1. The quantitative estimate of drug-likeness (QED) is 0.785. The number of rotatable bonds is 4. The van der Waals surface area contributed by atoms with Gasteiger partial charge in [-0.05, 0) is 35.7 Å². The zero-order valence-corrected chi connectivity index (χ0v) is 12.9. The molecule has 0 bridgehead atoms. The molecule has 22 heavy (non-hydrogen) atoms. The Morgan fingerprint density at radius 3 is 2.64 bits per heavy atom. The standard InChI is InChI=1S/C17H15FN2OS/c1-2-11-3-5-12(6-4-11)9-16(21)20-17-19-14-8-7-13(18)10-15(14)22-17/h3-8,10H,2,9H2,1H3,(H,19,20,21). The Kier molecular flexibility index (Phi) is 4.15. The molecule has 0 saturated heterocycles. The van der Waals surface area contributed by atoms with Gasteiger partial charge >= 0.3 is 0 Å². The molecule has 0 fully saturated rings. The smallest absolute Gasteiger partial charge is 0.230 e. The molecule has 3 aromatic rings. The van der Waals surface area contributed by atoms with Crippen molar-refractivity contribution in [1.82, 2.24) is 4.98 Å². The van der Waals surface area contributed by atoms with Crippen LogP contribution in [0.15, 0.2) is 42.5 Å². The van der Waals surface area contributed by atoms with Crippen LogP contribution in [0.2, 0.25) is 0 Å². The van der Waals surface area contributed by atoms with Crippen LogP contribution >= 0.6 is 11.3 Å². The van der Waals surface area contributed by atoms with E-state index in [1.165, 1.54) is 29.0 Å². The van der Waals surface area contributed by atoms with Crippen molar-refractivity contribution in [2.75, 3.05) is 5.32 Å². The van der Waals surface area contributed by atoms with Crippen LogP contribution in [0.5, 0.6) is 0 Å². The average molecular weight is 314 g/mol. The summed E-state index contributed by atoms with van der Waals surface area (Å²) in [6.07, 6.45) is 1.28. The van der Waals surface area contributed by atoms with Crippen molar-refractivity contribution in [2.45, 2.75) is 19.8 Å². The Bertz CT molecular complexity index is 811. The Morgan fingerprint density at radius 2 is 1.91 bits per heavy atom. The fourth-order valence-corrected chi connectivity index (χ4v) is 3.10. The Morgan fingerprint density at radius 1 is 1.18 bits per heavy atom. The van der Waals surface area contributed by atoms with E-state index in [0.29, 0.717) is 17.1 Å². The fourth-order valence-electron chi connectivity index (χ4n) is 2.19. The van der Waals surface area contributed by atoms with Gasteiger partial charge in [0.1, 0.15) is 5.82 Å². The maximum Gasteiger partial charge on any atom is 0.230 e. The third kappa shape index (κ3) is 3.31. The number of aryl methyl sites for hydroxylation is 1. The number of benzene rings is 2. The van der Waals surface area contributed by atoms with Crippen molar-refractivity contribution in [3.05, 3.63) is 59.4 Å². The summed E-state index contributed by atoms with van der Waals surface area (Å²) in [7, 11) is 0. The van der Waals surface area contributed by atoms with Gasteiger partial charge in [0.2, 0.25) is 5.91 Å². The van der Waals surface area contributed by atoms with E-state index in [0.717, 1.165) is 16.7 Å². The number of hydrogen-bond donors (Lipinski definition) is 1. The van der Waals surface area contributed by atoms with Crippen LogP contribution in [-0.2, 0) is 17.6 Å². The number of anilines is 1. The van der Waals surface area contributed by atoms with Gasteiger partial charge in [0.25, 0.3) is 0 Å². The Labute approximate surface area is 131 Å². The molecule has 0 unspecified atom stereocenters. The highest BCUT2D eigenvalue weighted by molar-refractivity contribution is 7.22. The van der Waals surface area contributed by atoms with Gasteiger partial charge in [0.15, 0.2) is 5.13 Å². The highest BCUT2D eigenvalue weighted by Crippen LogP contribution is 2.26. The van der Waals surface area contributed by atoms with E-state index >= 15 is 0 Å². The number of hydrogen-bond acceptors (Lipinski definition) is 3. The predicted octanol–water partition coefficient (Wildman–Crippen LogP) is 4.18. The molecule has 0 aliphatic rings. The first kappa shape index (κ1) is 14.7. The number of aromatic nitrogens is 1. The predicted molar refractivity (Wildman–Crippen MR) is 87.7 cm³/mol. The largest absolute Gasteiger partial charge is 0.302 e. The zero-order valence-electron chi connectivity index (χ0n) is 12.1. The molecule has 0 atom stereocenters. The number of halogens is 1. The van der Waals surface area contributed by atoms with E-state index in [2.05, 4.69) is 17.2 Å². The van der Waals surface area contributed by atoms with Crippen LogP contribution in [0.1, 0.15) is 18.1 Å². The number of carbonyl (C=O) groups is 1. The molecule has 0 spiro atoms. The van der Waals surface area contributed by atoms with Gasteiger partial charge in [-0.15, -0.1) is 0 Å². The number of nitrogens with one attached hydrogen (secondary N) is 1. The van der Waals surface area contributed by atoms with E-state index in [9.17, 15) is 9.18 Å². The van der Waals surface area contributed by atoms with E-state index in [1.807, 2.05) is 24.3 Å². The van der Waals surface area contributed by atoms with Crippen molar-refractivity contribution in [2.24, 2.45) is 0 Å². The third-order valence-corrected chi connectivity index (χ3v) is 4.33. The lowest BCUT2D eigenvalue weighted by molar-refractivity contribution is -0.115. The van der Waals surface area contributed by atoms with Gasteiger partial charge in [-0.25, -0.2) is 9.37 Å². The molecular weight excluding hydrogens is 299 g/mol. The van der Waals surface area contributed by atoms with E-state index in [1.54, 1.807) is 6.07 Å². The third-order valence-electron chi connectivity index (χ3n) is 3.39. The molecule has 3 nitrogen and oxygen atoms in total. The highest BCUT2D eigenvalue weighted by Gasteiger charge is 2.09. The van der Waals surface area contributed by atoms with Gasteiger partial charge < -0.3 is 5.32 Å². The lowest BCUT2D eigenvalue weighted by Gasteiger charge is -2.03. The van der Waals surface area contributed by atoms with Crippen molar-refractivity contribution in [3.63, 3.8) is 0 Å². The van der Waals surface area contributed by atoms with Crippen molar-refractivity contribution >= 4 is 32.6 Å². The van der Waals surface area contributed by atoms with Crippen molar-refractivity contribution in [1.29, 1.82) is 0 Å². The summed E-state index contributed by atoms with van der Waals surface area (Å²) in [5.74, 6) is -0.422. The van der Waals surface area contributed by atoms with Crippen LogP contribution < -0.4 is 5.32 Å². The molecule has 1 N–H and O–H groups in total. The molecule has 1 amide bonds. The second-order valence-corrected chi connectivity index (χ2v) is 6.06. The minimum Gasteiger partial charge on any atom is -0.302 e. The lowest BCUT2D eigenvalue weighted by atomic mass is 10.1. The summed E-state index contributed by atoms with van der Waals surface area (Å²) >= 11 is 1.27. The molecule has 5 heteroatoms. The SMILES string of the molecule is CCc1ccc(CC(=O)Nc2nc3ccc(F)cc3s2)cc1. The number of thiazole rings is 1.